The van der Waals surface area contributed by atoms with Gasteiger partial charge in [0.25, 0.3) is 0 Å². The van der Waals surface area contributed by atoms with Crippen LogP contribution in [0.25, 0.3) is 0 Å². The predicted octanol–water partition coefficient (Wildman–Crippen LogP) is 1.42. The number of methoxy groups -OCH3 is 1. The number of nitrogens with one attached hydrogen (secondary N) is 2. The number of carbonyl (C=O) groups excluding carboxylic acids is 5. The summed E-state index contributed by atoms with van der Waals surface area (Å²) in [5.41, 5.74) is 1.16. The van der Waals surface area contributed by atoms with Crippen molar-refractivity contribution in [2.24, 2.45) is 0 Å². The van der Waals surface area contributed by atoms with E-state index in [2.05, 4.69) is 35.3 Å². The Morgan fingerprint density at radius 3 is 2.30 bits per heavy atom. The van der Waals surface area contributed by atoms with Gasteiger partial charge >= 0.3 is 17.8 Å². The molecule has 3 rings (SSSR count). The second-order valence-electron chi connectivity index (χ2n) is 7.89. The van der Waals surface area contributed by atoms with Crippen molar-refractivity contribution >= 4 is 64.2 Å². The molecule has 1 aliphatic heterocycles. The molecular formula is C22H25Cl2N7O9. The molecule has 0 saturated carbocycles. The number of nitro groups is 1. The van der Waals surface area contributed by atoms with Gasteiger partial charge < -0.3 is 20.5 Å². The van der Waals surface area contributed by atoms with Crippen LogP contribution >= 0.6 is 23.2 Å². The molecule has 0 radical (unpaired) electrons. The summed E-state index contributed by atoms with van der Waals surface area (Å²) in [4.78, 5) is 76.6. The highest BCUT2D eigenvalue weighted by atomic mass is 35.5. The maximum Gasteiger partial charge on any atom is 0.373 e. The summed E-state index contributed by atoms with van der Waals surface area (Å²) < 4.78 is 4.59. The molecule has 0 bridgehead atoms. The first-order valence-electron chi connectivity index (χ1n) is 11.3. The Morgan fingerprint density at radius 2 is 1.77 bits per heavy atom. The van der Waals surface area contributed by atoms with Crippen LogP contribution in [0, 0.1) is 24.0 Å². The van der Waals surface area contributed by atoms with Crippen molar-refractivity contribution in [2.45, 2.75) is 52.1 Å². The van der Waals surface area contributed by atoms with E-state index in [1.807, 2.05) is 0 Å². The van der Waals surface area contributed by atoms with E-state index in [0.717, 1.165) is 0 Å². The number of hydrogen-bond donors (Lipinski definition) is 3. The van der Waals surface area contributed by atoms with Crippen LogP contribution in [0.1, 0.15) is 36.7 Å². The molecule has 1 aliphatic rings. The normalized spacial score (nSPS) is 14.0. The SMILES string of the molecule is CCC(Nc1nc(Cl)nc(C)c1[N+](=O)[O-])C(=O)OC.Cc1nc(Cl)nc2c1CC(=O)[C@H](CC(=O)CO)N2.O=C=O. The van der Waals surface area contributed by atoms with Crippen LogP contribution in [0.5, 0.6) is 0 Å². The molecule has 18 heteroatoms. The van der Waals surface area contributed by atoms with Crippen molar-refractivity contribution in [3.63, 3.8) is 0 Å². The summed E-state index contributed by atoms with van der Waals surface area (Å²) in [6.45, 7) is 4.36. The van der Waals surface area contributed by atoms with Crippen molar-refractivity contribution in [3.05, 3.63) is 37.6 Å². The Kier molecular flexibility index (Phi) is 13.7. The molecule has 0 spiro atoms. The fraction of sp³-hybridized carbons (Fsp3) is 0.455. The lowest BCUT2D eigenvalue weighted by atomic mass is 9.95. The van der Waals surface area contributed by atoms with E-state index < -0.39 is 29.6 Å². The zero-order valence-electron chi connectivity index (χ0n) is 21.7. The lowest BCUT2D eigenvalue weighted by molar-refractivity contribution is -0.385. The molecule has 3 heterocycles. The molecule has 2 atom stereocenters. The number of halogens is 2. The predicted molar refractivity (Wildman–Crippen MR) is 138 cm³/mol. The Labute approximate surface area is 237 Å². The van der Waals surface area contributed by atoms with Crippen molar-refractivity contribution in [1.29, 1.82) is 0 Å². The van der Waals surface area contributed by atoms with E-state index in [9.17, 15) is 24.5 Å². The second-order valence-corrected chi connectivity index (χ2v) is 8.57. The molecule has 0 aliphatic carbocycles. The van der Waals surface area contributed by atoms with Crippen LogP contribution in [0.15, 0.2) is 0 Å². The zero-order chi connectivity index (χ0) is 30.6. The first kappa shape index (κ1) is 33.9. The molecule has 0 amide bonds. The molecule has 3 N–H and O–H groups in total. The average Bonchev–Trinajstić information content (AvgIpc) is 2.87. The summed E-state index contributed by atoms with van der Waals surface area (Å²) in [7, 11) is 1.24. The molecule has 2 aromatic rings. The summed E-state index contributed by atoms with van der Waals surface area (Å²) in [6.07, 6.45) is 0.759. The van der Waals surface area contributed by atoms with Crippen LogP contribution in [0.2, 0.25) is 10.6 Å². The number of ether oxygens (including phenoxy) is 1. The molecule has 16 nitrogen and oxygen atoms in total. The van der Waals surface area contributed by atoms with Gasteiger partial charge in [-0.1, -0.05) is 6.92 Å². The fourth-order valence-electron chi connectivity index (χ4n) is 3.38. The molecule has 40 heavy (non-hydrogen) atoms. The van der Waals surface area contributed by atoms with E-state index >= 15 is 0 Å². The third-order valence-electron chi connectivity index (χ3n) is 5.26. The van der Waals surface area contributed by atoms with Gasteiger partial charge in [-0.2, -0.15) is 14.6 Å². The van der Waals surface area contributed by atoms with Crippen LogP contribution < -0.4 is 10.6 Å². The van der Waals surface area contributed by atoms with Crippen molar-refractivity contribution in [1.82, 2.24) is 19.9 Å². The van der Waals surface area contributed by atoms with Gasteiger partial charge in [0.05, 0.1) is 18.1 Å². The molecule has 2 aromatic heterocycles. The molecule has 216 valence electrons. The van der Waals surface area contributed by atoms with E-state index in [4.69, 9.17) is 37.9 Å². The van der Waals surface area contributed by atoms with Gasteiger partial charge in [-0.05, 0) is 43.5 Å². The number of aliphatic hydroxyl groups is 1. The Morgan fingerprint density at radius 1 is 1.20 bits per heavy atom. The van der Waals surface area contributed by atoms with Crippen LogP contribution in [-0.4, -0.2) is 79.5 Å². The number of rotatable bonds is 8. The number of aliphatic hydroxyl groups excluding tert-OH is 1. The topological polar surface area (TPSA) is 234 Å². The minimum Gasteiger partial charge on any atom is -0.467 e. The van der Waals surface area contributed by atoms with Gasteiger partial charge in [-0.25, -0.2) is 19.7 Å². The lowest BCUT2D eigenvalue weighted by Crippen LogP contribution is -2.38. The Balaban J connectivity index is 0.000000364. The Hall–Kier alpha value is -4.11. The van der Waals surface area contributed by atoms with E-state index in [1.165, 1.54) is 14.0 Å². The summed E-state index contributed by atoms with van der Waals surface area (Å²) in [5, 5.41) is 25.2. The number of aromatic nitrogens is 4. The number of fused-ring (bicyclic) bond motifs is 1. The molecule has 0 aromatic carbocycles. The number of carbonyl (C=O) groups is 3. The number of Topliss-reactive ketones (excluding diaryl/α,β-unsaturated/α-hetero) is 2. The molecule has 1 unspecified atom stereocenters. The summed E-state index contributed by atoms with van der Waals surface area (Å²) in [6, 6.07) is -1.39. The van der Waals surface area contributed by atoms with Crippen molar-refractivity contribution in [3.8, 4) is 0 Å². The minimum absolute atomic E-state index is 0.0462. The van der Waals surface area contributed by atoms with Crippen molar-refractivity contribution < 1.29 is 38.7 Å². The van der Waals surface area contributed by atoms with Gasteiger partial charge in [0.15, 0.2) is 11.6 Å². The highest BCUT2D eigenvalue weighted by molar-refractivity contribution is 6.28. The van der Waals surface area contributed by atoms with E-state index in [0.29, 0.717) is 23.5 Å². The highest BCUT2D eigenvalue weighted by Gasteiger charge is 2.30. The largest absolute Gasteiger partial charge is 0.467 e. The number of nitrogens with zero attached hydrogens (tertiary/aromatic N) is 5. The van der Waals surface area contributed by atoms with Gasteiger partial charge in [0.1, 0.15) is 24.2 Å². The van der Waals surface area contributed by atoms with Crippen LogP contribution in [0.4, 0.5) is 17.3 Å². The van der Waals surface area contributed by atoms with Crippen LogP contribution in [-0.2, 0) is 35.1 Å². The third-order valence-corrected chi connectivity index (χ3v) is 5.60. The molecule has 0 fully saturated rings. The summed E-state index contributed by atoms with van der Waals surface area (Å²) in [5.74, 6) is -0.647. The zero-order valence-corrected chi connectivity index (χ0v) is 23.2. The maximum absolute atomic E-state index is 11.9. The van der Waals surface area contributed by atoms with Gasteiger partial charge in [0.2, 0.25) is 16.4 Å². The van der Waals surface area contributed by atoms with E-state index in [1.54, 1.807) is 13.8 Å². The van der Waals surface area contributed by atoms with Crippen molar-refractivity contribution in [2.75, 3.05) is 24.4 Å². The standard InChI is InChI=1S/C11H12ClN3O3.C10H13ClN4O4.CO2/c1-5-7-3-9(18)8(2-6(17)4-16)14-10(7)15-11(12)13-5;1-4-6(9(16)19-3)13-8-7(15(17)18)5(2)12-10(11)14-8;2-1-3/h8,16H,2-4H2,1H3,(H,13,14,15);6H,4H2,1-3H3,(H,12,13,14);/t8-;;/m0../s1. The monoisotopic (exact) mass is 601 g/mol. The number of hydrogen-bond acceptors (Lipinski definition) is 15. The van der Waals surface area contributed by atoms with E-state index in [-0.39, 0.29) is 58.3 Å². The quantitative estimate of drug-likeness (QED) is 0.168. The average molecular weight is 602 g/mol. The summed E-state index contributed by atoms with van der Waals surface area (Å²) >= 11 is 11.4. The third kappa shape index (κ3) is 9.57. The number of ketones is 2. The number of esters is 1. The first-order valence-corrected chi connectivity index (χ1v) is 12.1. The number of anilines is 2. The highest BCUT2D eigenvalue weighted by Crippen LogP contribution is 2.28. The first-order chi connectivity index (χ1) is 18.8. The van der Waals surface area contributed by atoms with Crippen LogP contribution in [0.3, 0.4) is 0 Å². The van der Waals surface area contributed by atoms with Gasteiger partial charge in [0, 0.05) is 24.1 Å². The number of aryl methyl sites for hydroxylation is 2. The second kappa shape index (κ2) is 16.1. The van der Waals surface area contributed by atoms with Gasteiger partial charge in [-0.3, -0.25) is 19.7 Å². The maximum atomic E-state index is 11.9. The van der Waals surface area contributed by atoms with Gasteiger partial charge in [-0.15, -0.1) is 0 Å². The lowest BCUT2D eigenvalue weighted by Gasteiger charge is -2.25. The Bertz CT molecular complexity index is 1300. The molecule has 0 saturated heterocycles. The minimum atomic E-state index is -0.742. The smallest absolute Gasteiger partial charge is 0.373 e. The molecular weight excluding hydrogens is 577 g/mol. The fourth-order valence-corrected chi connectivity index (χ4v) is 3.80.